The maximum atomic E-state index is 13.6. The molecule has 0 aliphatic rings. The quantitative estimate of drug-likeness (QED) is 0.765. The molecule has 0 aliphatic carbocycles. The Morgan fingerprint density at radius 3 is 2.65 bits per heavy atom. The zero-order chi connectivity index (χ0) is 14.5. The van der Waals surface area contributed by atoms with Crippen LogP contribution in [-0.4, -0.2) is 11.7 Å². The van der Waals surface area contributed by atoms with Crippen molar-refractivity contribution in [2.75, 3.05) is 11.1 Å². The Kier molecular flexibility index (Phi) is 5.46. The monoisotopic (exact) mass is 373 g/mol. The van der Waals surface area contributed by atoms with Gasteiger partial charge in [-0.15, -0.1) is 11.8 Å². The molecule has 0 radical (unpaired) electrons. The lowest BCUT2D eigenvalue weighted by atomic mass is 10.3. The lowest BCUT2D eigenvalue weighted by molar-refractivity contribution is -0.113. The van der Waals surface area contributed by atoms with Crippen molar-refractivity contribution < 1.29 is 9.18 Å². The van der Waals surface area contributed by atoms with Crippen LogP contribution in [-0.2, 0) is 4.79 Å². The topological polar surface area (TPSA) is 29.1 Å². The highest BCUT2D eigenvalue weighted by Crippen LogP contribution is 2.23. The molecule has 0 aliphatic heterocycles. The van der Waals surface area contributed by atoms with Crippen molar-refractivity contribution in [3.8, 4) is 0 Å². The van der Waals surface area contributed by atoms with Crippen molar-refractivity contribution in [3.05, 3.63) is 57.8 Å². The van der Waals surface area contributed by atoms with Crippen molar-refractivity contribution in [1.82, 2.24) is 0 Å². The molecule has 104 valence electrons. The Balaban J connectivity index is 1.92. The predicted octanol–water partition coefficient (Wildman–Crippen LogP) is 4.97. The molecular formula is C14H10BrClFNOS. The molecule has 2 nitrogen and oxygen atoms in total. The van der Waals surface area contributed by atoms with Crippen LogP contribution >= 0.6 is 39.3 Å². The van der Waals surface area contributed by atoms with E-state index < -0.39 is 5.82 Å². The fraction of sp³-hybridized carbons (Fsp3) is 0.0714. The maximum absolute atomic E-state index is 13.6. The number of thioether (sulfide) groups is 1. The van der Waals surface area contributed by atoms with Crippen LogP contribution in [0, 0.1) is 5.82 Å². The van der Waals surface area contributed by atoms with Gasteiger partial charge in [0.25, 0.3) is 0 Å². The fourth-order valence-electron chi connectivity index (χ4n) is 1.47. The zero-order valence-corrected chi connectivity index (χ0v) is 13.4. The second-order valence-corrected chi connectivity index (χ2v) is 6.26. The molecular weight excluding hydrogens is 365 g/mol. The fourth-order valence-corrected chi connectivity index (χ4v) is 2.60. The van der Waals surface area contributed by atoms with E-state index in [0.717, 1.165) is 9.37 Å². The summed E-state index contributed by atoms with van der Waals surface area (Å²) in [5, 5.41) is 2.49. The van der Waals surface area contributed by atoms with Crippen molar-refractivity contribution in [1.29, 1.82) is 0 Å². The molecule has 1 N–H and O–H groups in total. The van der Waals surface area contributed by atoms with E-state index in [1.807, 2.05) is 24.3 Å². The highest BCUT2D eigenvalue weighted by molar-refractivity contribution is 9.10. The van der Waals surface area contributed by atoms with Gasteiger partial charge in [-0.3, -0.25) is 4.79 Å². The van der Waals surface area contributed by atoms with Crippen LogP contribution in [0.3, 0.4) is 0 Å². The van der Waals surface area contributed by atoms with Gasteiger partial charge in [-0.25, -0.2) is 4.39 Å². The van der Waals surface area contributed by atoms with Gasteiger partial charge in [0.15, 0.2) is 5.82 Å². The molecule has 0 spiro atoms. The Labute approximate surface area is 133 Å². The third-order valence-corrected chi connectivity index (χ3v) is 4.24. The van der Waals surface area contributed by atoms with E-state index >= 15 is 0 Å². The van der Waals surface area contributed by atoms with Gasteiger partial charge >= 0.3 is 0 Å². The van der Waals surface area contributed by atoms with Gasteiger partial charge in [0, 0.05) is 9.37 Å². The summed E-state index contributed by atoms with van der Waals surface area (Å²) in [4.78, 5) is 12.7. The number of amides is 1. The van der Waals surface area contributed by atoms with E-state index in [9.17, 15) is 9.18 Å². The first-order valence-corrected chi connectivity index (χ1v) is 7.84. The molecule has 2 aromatic carbocycles. The molecule has 1 amide bonds. The van der Waals surface area contributed by atoms with Crippen molar-refractivity contribution in [3.63, 3.8) is 0 Å². The maximum Gasteiger partial charge on any atom is 0.234 e. The number of carbonyl (C=O) groups excluding carboxylic acids is 1. The summed E-state index contributed by atoms with van der Waals surface area (Å²) in [5.74, 6) is -0.691. The average molecular weight is 375 g/mol. The van der Waals surface area contributed by atoms with Gasteiger partial charge in [0.1, 0.15) is 0 Å². The summed E-state index contributed by atoms with van der Waals surface area (Å²) in [5.41, 5.74) is 0.0962. The summed E-state index contributed by atoms with van der Waals surface area (Å²) < 4.78 is 14.6. The summed E-state index contributed by atoms with van der Waals surface area (Å²) in [6, 6.07) is 12.1. The first-order chi connectivity index (χ1) is 9.56. The van der Waals surface area contributed by atoms with Crippen LogP contribution in [0.1, 0.15) is 0 Å². The number of anilines is 1. The van der Waals surface area contributed by atoms with Crippen LogP contribution in [0.25, 0.3) is 0 Å². The zero-order valence-electron chi connectivity index (χ0n) is 10.2. The lowest BCUT2D eigenvalue weighted by Crippen LogP contribution is -2.15. The number of carbonyl (C=O) groups is 1. The van der Waals surface area contributed by atoms with Gasteiger partial charge in [-0.2, -0.15) is 0 Å². The van der Waals surface area contributed by atoms with Crippen molar-refractivity contribution in [2.24, 2.45) is 0 Å². The first kappa shape index (κ1) is 15.4. The number of halogens is 3. The van der Waals surface area contributed by atoms with Crippen LogP contribution in [0.4, 0.5) is 10.1 Å². The molecule has 6 heteroatoms. The average Bonchev–Trinajstić information content (AvgIpc) is 2.43. The molecule has 0 saturated carbocycles. The Hall–Kier alpha value is -1.04. The van der Waals surface area contributed by atoms with Gasteiger partial charge in [-0.1, -0.05) is 33.6 Å². The third-order valence-electron chi connectivity index (χ3n) is 2.41. The van der Waals surface area contributed by atoms with E-state index in [2.05, 4.69) is 21.2 Å². The number of nitrogens with one attached hydrogen (secondary N) is 1. The Morgan fingerprint density at radius 1 is 1.25 bits per heavy atom. The molecule has 20 heavy (non-hydrogen) atoms. The molecule has 0 heterocycles. The molecule has 0 fully saturated rings. The number of rotatable bonds is 4. The van der Waals surface area contributed by atoms with Crippen molar-refractivity contribution in [2.45, 2.75) is 4.90 Å². The minimum Gasteiger partial charge on any atom is -0.323 e. The standard InChI is InChI=1S/C14H10BrClFNOS/c15-9-4-6-10(7-5-9)20-8-13(19)18-12-3-1-2-11(16)14(12)17/h1-7H,8H2,(H,18,19). The summed E-state index contributed by atoms with van der Waals surface area (Å²) in [6.45, 7) is 0. The molecule has 0 unspecified atom stereocenters. The van der Waals surface area contributed by atoms with Gasteiger partial charge in [0.05, 0.1) is 16.5 Å². The van der Waals surface area contributed by atoms with Crippen LogP contribution in [0.5, 0.6) is 0 Å². The number of hydrogen-bond acceptors (Lipinski definition) is 2. The van der Waals surface area contributed by atoms with E-state index in [4.69, 9.17) is 11.6 Å². The van der Waals surface area contributed by atoms with Gasteiger partial charge < -0.3 is 5.32 Å². The van der Waals surface area contributed by atoms with Crippen LogP contribution in [0.15, 0.2) is 51.8 Å². The third kappa shape index (κ3) is 4.23. The minimum absolute atomic E-state index is 0.0108. The Morgan fingerprint density at radius 2 is 1.95 bits per heavy atom. The molecule has 0 atom stereocenters. The summed E-state index contributed by atoms with van der Waals surface area (Å²) in [7, 11) is 0. The molecule has 0 aromatic heterocycles. The molecule has 0 bridgehead atoms. The minimum atomic E-state index is -0.615. The van der Waals surface area contributed by atoms with E-state index in [-0.39, 0.29) is 22.4 Å². The second kappa shape index (κ2) is 7.11. The first-order valence-electron chi connectivity index (χ1n) is 5.68. The van der Waals surface area contributed by atoms with E-state index in [0.29, 0.717) is 0 Å². The molecule has 2 rings (SSSR count). The van der Waals surface area contributed by atoms with Gasteiger partial charge in [-0.05, 0) is 36.4 Å². The smallest absolute Gasteiger partial charge is 0.234 e. The van der Waals surface area contributed by atoms with Crippen molar-refractivity contribution >= 4 is 50.9 Å². The largest absolute Gasteiger partial charge is 0.323 e. The summed E-state index contributed by atoms with van der Waals surface area (Å²) in [6.07, 6.45) is 0. The second-order valence-electron chi connectivity index (χ2n) is 3.89. The van der Waals surface area contributed by atoms with E-state index in [1.165, 1.54) is 23.9 Å². The molecule has 2 aromatic rings. The highest BCUT2D eigenvalue weighted by atomic mass is 79.9. The van der Waals surface area contributed by atoms with Gasteiger partial charge in [0.2, 0.25) is 5.91 Å². The van der Waals surface area contributed by atoms with Crippen LogP contribution in [0.2, 0.25) is 5.02 Å². The number of hydrogen-bond donors (Lipinski definition) is 1. The normalized spacial score (nSPS) is 10.3. The Bertz CT molecular complexity index is 621. The van der Waals surface area contributed by atoms with Crippen LogP contribution < -0.4 is 5.32 Å². The molecule has 0 saturated heterocycles. The predicted molar refractivity (Wildman–Crippen MR) is 84.9 cm³/mol. The number of benzene rings is 2. The lowest BCUT2D eigenvalue weighted by Gasteiger charge is -2.07. The SMILES string of the molecule is O=C(CSc1ccc(Br)cc1)Nc1cccc(Cl)c1F. The summed E-state index contributed by atoms with van der Waals surface area (Å²) >= 11 is 10.4. The highest BCUT2D eigenvalue weighted by Gasteiger charge is 2.09. The van der Waals surface area contributed by atoms with E-state index in [1.54, 1.807) is 6.07 Å².